The first-order chi connectivity index (χ1) is 12.8. The van der Waals surface area contributed by atoms with Gasteiger partial charge in [0.1, 0.15) is 12.4 Å². The predicted molar refractivity (Wildman–Crippen MR) is 106 cm³/mol. The maximum absolute atomic E-state index is 12.7. The van der Waals surface area contributed by atoms with Gasteiger partial charge in [-0.2, -0.15) is 15.3 Å². The van der Waals surface area contributed by atoms with E-state index in [0.29, 0.717) is 23.9 Å². The van der Waals surface area contributed by atoms with E-state index in [1.165, 1.54) is 0 Å². The Labute approximate surface area is 170 Å². The Balaban J connectivity index is 1.72. The summed E-state index contributed by atoms with van der Waals surface area (Å²) in [6.07, 6.45) is 3.50. The van der Waals surface area contributed by atoms with Crippen molar-refractivity contribution >= 4 is 33.4 Å². The third-order valence-corrected chi connectivity index (χ3v) is 5.57. The monoisotopic (exact) mass is 453 g/mol. The smallest absolute Gasteiger partial charge is 0.274 e. The molecule has 0 aliphatic carbocycles. The number of carbonyl (C=O) groups excluding carboxylic acids is 1. The van der Waals surface area contributed by atoms with Crippen LogP contribution in [0, 0.1) is 13.8 Å². The van der Waals surface area contributed by atoms with Crippen molar-refractivity contribution in [2.24, 2.45) is 0 Å². The summed E-state index contributed by atoms with van der Waals surface area (Å²) < 4.78 is 6.18. The molecule has 0 saturated heterocycles. The van der Waals surface area contributed by atoms with E-state index >= 15 is 0 Å². The largest absolute Gasteiger partial charge is 0.334 e. The molecule has 10 heteroatoms. The van der Waals surface area contributed by atoms with Crippen LogP contribution in [0.25, 0.3) is 0 Å². The van der Waals surface area contributed by atoms with E-state index in [-0.39, 0.29) is 5.91 Å². The summed E-state index contributed by atoms with van der Waals surface area (Å²) in [5.41, 5.74) is 2.97. The molecule has 0 aliphatic rings. The summed E-state index contributed by atoms with van der Waals surface area (Å²) >= 11 is 9.67. The molecule has 3 heterocycles. The number of rotatable bonds is 6. The molecule has 0 spiro atoms. The molecule has 8 nitrogen and oxygen atoms in total. The quantitative estimate of drug-likeness (QED) is 0.574. The molecule has 3 aromatic heterocycles. The van der Waals surface area contributed by atoms with Crippen LogP contribution in [-0.4, -0.2) is 47.2 Å². The second kappa shape index (κ2) is 7.85. The van der Waals surface area contributed by atoms with Crippen LogP contribution in [0.3, 0.4) is 0 Å². The minimum Gasteiger partial charge on any atom is -0.334 e. The van der Waals surface area contributed by atoms with Crippen LogP contribution < -0.4 is 0 Å². The fourth-order valence-electron chi connectivity index (χ4n) is 2.81. The Morgan fingerprint density at radius 2 is 2.04 bits per heavy atom. The molecule has 0 atom stereocenters. The van der Waals surface area contributed by atoms with Gasteiger partial charge in [-0.1, -0.05) is 11.6 Å². The average Bonchev–Trinajstić information content (AvgIpc) is 3.31. The van der Waals surface area contributed by atoms with Crippen LogP contribution in [0.15, 0.2) is 22.9 Å². The Kier molecular flexibility index (Phi) is 5.71. The highest BCUT2D eigenvalue weighted by atomic mass is 79.9. The number of amides is 1. The van der Waals surface area contributed by atoms with Gasteiger partial charge in [0.05, 0.1) is 39.3 Å². The van der Waals surface area contributed by atoms with Crippen molar-refractivity contribution in [2.75, 3.05) is 7.05 Å². The molecule has 0 fully saturated rings. The van der Waals surface area contributed by atoms with Gasteiger partial charge >= 0.3 is 0 Å². The molecule has 0 radical (unpaired) electrons. The number of carbonyl (C=O) groups is 1. The molecule has 0 aromatic carbocycles. The van der Waals surface area contributed by atoms with Crippen molar-refractivity contribution in [3.8, 4) is 0 Å². The average molecular weight is 455 g/mol. The van der Waals surface area contributed by atoms with Gasteiger partial charge in [0, 0.05) is 19.8 Å². The zero-order valence-corrected chi connectivity index (χ0v) is 18.0. The van der Waals surface area contributed by atoms with E-state index < -0.39 is 0 Å². The van der Waals surface area contributed by atoms with Crippen LogP contribution in [-0.2, 0) is 19.8 Å². The van der Waals surface area contributed by atoms with Gasteiger partial charge < -0.3 is 4.90 Å². The summed E-state index contributed by atoms with van der Waals surface area (Å²) in [4.78, 5) is 14.4. The minimum absolute atomic E-state index is 0.157. The molecule has 3 rings (SSSR count). The van der Waals surface area contributed by atoms with Gasteiger partial charge in [0.15, 0.2) is 0 Å². The Hall–Kier alpha value is -2.13. The molecule has 0 aliphatic heterocycles. The van der Waals surface area contributed by atoms with Crippen LogP contribution in [0.1, 0.15) is 34.5 Å². The lowest BCUT2D eigenvalue weighted by Crippen LogP contribution is -2.28. The number of aryl methyl sites for hydroxylation is 2. The number of hydrogen-bond donors (Lipinski definition) is 0. The normalized spacial score (nSPS) is 11.2. The van der Waals surface area contributed by atoms with Crippen LogP contribution in [0.5, 0.6) is 0 Å². The van der Waals surface area contributed by atoms with E-state index in [0.717, 1.165) is 28.1 Å². The van der Waals surface area contributed by atoms with Crippen molar-refractivity contribution in [1.82, 2.24) is 34.2 Å². The van der Waals surface area contributed by atoms with Gasteiger partial charge in [-0.15, -0.1) is 0 Å². The second-order valence-electron chi connectivity index (χ2n) is 6.28. The van der Waals surface area contributed by atoms with Crippen molar-refractivity contribution in [2.45, 2.75) is 40.5 Å². The molecule has 0 bridgehead atoms. The van der Waals surface area contributed by atoms with E-state index in [4.69, 9.17) is 11.6 Å². The van der Waals surface area contributed by atoms with E-state index in [2.05, 4.69) is 31.2 Å². The zero-order chi connectivity index (χ0) is 19.7. The topological polar surface area (TPSA) is 73.8 Å². The van der Waals surface area contributed by atoms with Crippen molar-refractivity contribution in [3.05, 3.63) is 50.7 Å². The lowest BCUT2D eigenvalue weighted by atomic mass is 10.3. The first-order valence-corrected chi connectivity index (χ1v) is 9.67. The van der Waals surface area contributed by atoms with E-state index in [1.54, 1.807) is 39.8 Å². The molecule has 0 N–H and O–H groups in total. The number of hydrogen-bond acceptors (Lipinski definition) is 4. The molecule has 1 amide bonds. The molecular formula is C17H21BrClN7O. The molecule has 27 heavy (non-hydrogen) atoms. The predicted octanol–water partition coefficient (Wildman–Crippen LogP) is 3.11. The van der Waals surface area contributed by atoms with Crippen molar-refractivity contribution in [3.63, 3.8) is 0 Å². The summed E-state index contributed by atoms with van der Waals surface area (Å²) in [6, 6.07) is 1.71. The maximum atomic E-state index is 12.7. The highest BCUT2D eigenvalue weighted by molar-refractivity contribution is 9.10. The Morgan fingerprint density at radius 1 is 1.30 bits per heavy atom. The van der Waals surface area contributed by atoms with Crippen LogP contribution in [0.4, 0.5) is 0 Å². The first-order valence-electron chi connectivity index (χ1n) is 8.50. The SMILES string of the molecule is CCn1ncc(Br)c1CN(C)C(=O)c1ccn(Cn2nc(C)c(Cl)c2C)n1. The first kappa shape index (κ1) is 19.6. The van der Waals surface area contributed by atoms with Crippen molar-refractivity contribution < 1.29 is 4.79 Å². The van der Waals surface area contributed by atoms with Gasteiger partial charge in [-0.05, 0) is 42.8 Å². The Morgan fingerprint density at radius 3 is 2.67 bits per heavy atom. The van der Waals surface area contributed by atoms with Crippen LogP contribution in [0.2, 0.25) is 5.02 Å². The summed E-state index contributed by atoms with van der Waals surface area (Å²) in [7, 11) is 1.75. The lowest BCUT2D eigenvalue weighted by Gasteiger charge is -2.17. The molecule has 0 saturated carbocycles. The van der Waals surface area contributed by atoms with Crippen molar-refractivity contribution in [1.29, 1.82) is 0 Å². The molecule has 3 aromatic rings. The van der Waals surface area contributed by atoms with Gasteiger partial charge in [-0.25, -0.2) is 4.68 Å². The third-order valence-electron chi connectivity index (χ3n) is 4.36. The summed E-state index contributed by atoms with van der Waals surface area (Å²) in [5.74, 6) is -0.157. The molecule has 144 valence electrons. The number of halogens is 2. The summed E-state index contributed by atoms with van der Waals surface area (Å²) in [5, 5.41) is 13.7. The second-order valence-corrected chi connectivity index (χ2v) is 7.51. The number of nitrogens with zero attached hydrogens (tertiary/aromatic N) is 7. The van der Waals surface area contributed by atoms with E-state index in [9.17, 15) is 4.79 Å². The molecular weight excluding hydrogens is 434 g/mol. The minimum atomic E-state index is -0.157. The van der Waals surface area contributed by atoms with Gasteiger partial charge in [0.25, 0.3) is 5.91 Å². The van der Waals surface area contributed by atoms with Crippen LogP contribution >= 0.6 is 27.5 Å². The van der Waals surface area contributed by atoms with Gasteiger partial charge in [-0.3, -0.25) is 14.2 Å². The summed E-state index contributed by atoms with van der Waals surface area (Å²) in [6.45, 7) is 7.34. The fourth-order valence-corrected chi connectivity index (χ4v) is 3.37. The Bertz CT molecular complexity index is 974. The number of aromatic nitrogens is 6. The standard InChI is InChI=1S/C17H21BrClN7O/c1-5-25-15(13(18)8-20-25)9-23(4)17(27)14-6-7-24(22-14)10-26-12(3)16(19)11(2)21-26/h6-8H,5,9-10H2,1-4H3. The fraction of sp³-hybridized carbons (Fsp3) is 0.412. The third kappa shape index (κ3) is 3.93. The lowest BCUT2D eigenvalue weighted by molar-refractivity contribution is 0.0774. The maximum Gasteiger partial charge on any atom is 0.274 e. The highest BCUT2D eigenvalue weighted by Crippen LogP contribution is 2.20. The van der Waals surface area contributed by atoms with E-state index in [1.807, 2.05) is 25.5 Å². The zero-order valence-electron chi connectivity index (χ0n) is 15.6. The highest BCUT2D eigenvalue weighted by Gasteiger charge is 2.19. The molecule has 0 unspecified atom stereocenters. The van der Waals surface area contributed by atoms with Gasteiger partial charge in [0.2, 0.25) is 0 Å².